The van der Waals surface area contributed by atoms with Gasteiger partial charge in [0.2, 0.25) is 10.0 Å². The van der Waals surface area contributed by atoms with Gasteiger partial charge in [-0.15, -0.1) is 0 Å². The highest BCUT2D eigenvalue weighted by Crippen LogP contribution is 2.19. The van der Waals surface area contributed by atoms with Gasteiger partial charge in [-0.2, -0.15) is 9.57 Å². The molecule has 2 atom stereocenters. The molecule has 2 unspecified atom stereocenters. The number of piperidine rings is 1. The van der Waals surface area contributed by atoms with E-state index in [0.29, 0.717) is 19.5 Å². The third-order valence-electron chi connectivity index (χ3n) is 3.19. The lowest BCUT2D eigenvalue weighted by Crippen LogP contribution is -2.50. The third kappa shape index (κ3) is 3.18. The minimum absolute atomic E-state index is 0.00106. The average molecular weight is 259 g/mol. The fourth-order valence-electron chi connectivity index (χ4n) is 2.26. The molecule has 0 aliphatic carbocycles. The zero-order valence-corrected chi connectivity index (χ0v) is 11.3. The first-order valence-electron chi connectivity index (χ1n) is 6.18. The van der Waals surface area contributed by atoms with Gasteiger partial charge in [-0.3, -0.25) is 0 Å². The molecule has 1 rings (SSSR count). The second kappa shape index (κ2) is 6.34. The van der Waals surface area contributed by atoms with Crippen molar-refractivity contribution in [1.29, 1.82) is 5.26 Å². The normalized spacial score (nSPS) is 23.3. The Hall–Kier alpha value is -0.640. The molecule has 1 saturated heterocycles. The number of likely N-dealkylation sites (N-methyl/N-ethyl adjacent to an activating group) is 1. The van der Waals surface area contributed by atoms with Crippen LogP contribution in [0.15, 0.2) is 0 Å². The van der Waals surface area contributed by atoms with E-state index in [1.54, 1.807) is 6.92 Å². The number of rotatable bonds is 5. The standard InChI is InChI=1S/C11H21N3O2S/c1-3-11(8-12)17(15,16)14(4-2)10-6-5-7-13-9-10/h10-11,13H,3-7,9H2,1-2H3. The van der Waals surface area contributed by atoms with Crippen molar-refractivity contribution in [3.05, 3.63) is 0 Å². The molecule has 0 radical (unpaired) electrons. The van der Waals surface area contributed by atoms with Gasteiger partial charge in [0.1, 0.15) is 0 Å². The minimum atomic E-state index is -3.48. The molecule has 0 aromatic rings. The van der Waals surface area contributed by atoms with E-state index >= 15 is 0 Å². The van der Waals surface area contributed by atoms with Gasteiger partial charge in [-0.1, -0.05) is 13.8 Å². The van der Waals surface area contributed by atoms with Gasteiger partial charge < -0.3 is 5.32 Å². The van der Waals surface area contributed by atoms with Crippen molar-refractivity contribution in [2.45, 2.75) is 44.4 Å². The van der Waals surface area contributed by atoms with E-state index in [-0.39, 0.29) is 6.04 Å². The van der Waals surface area contributed by atoms with Crippen molar-refractivity contribution in [1.82, 2.24) is 9.62 Å². The summed E-state index contributed by atoms with van der Waals surface area (Å²) in [5.74, 6) is 0. The van der Waals surface area contributed by atoms with Crippen molar-refractivity contribution in [2.24, 2.45) is 0 Å². The Bertz CT molecular complexity index is 369. The first-order chi connectivity index (χ1) is 8.07. The fraction of sp³-hybridized carbons (Fsp3) is 0.909. The first kappa shape index (κ1) is 14.4. The number of nitriles is 1. The molecule has 0 saturated carbocycles. The van der Waals surface area contributed by atoms with Crippen LogP contribution in [0, 0.1) is 11.3 Å². The van der Waals surface area contributed by atoms with Crippen molar-refractivity contribution in [3.63, 3.8) is 0 Å². The molecule has 0 bridgehead atoms. The fourth-order valence-corrected chi connectivity index (χ4v) is 4.09. The van der Waals surface area contributed by atoms with Gasteiger partial charge in [0, 0.05) is 19.1 Å². The third-order valence-corrected chi connectivity index (χ3v) is 5.56. The molecular weight excluding hydrogens is 238 g/mol. The van der Waals surface area contributed by atoms with E-state index < -0.39 is 15.3 Å². The highest BCUT2D eigenvalue weighted by atomic mass is 32.2. The van der Waals surface area contributed by atoms with E-state index in [1.807, 2.05) is 13.0 Å². The Morgan fingerprint density at radius 3 is 2.65 bits per heavy atom. The molecule has 98 valence electrons. The summed E-state index contributed by atoms with van der Waals surface area (Å²) in [5.41, 5.74) is 0. The van der Waals surface area contributed by atoms with Gasteiger partial charge >= 0.3 is 0 Å². The Balaban J connectivity index is 2.88. The molecule has 5 nitrogen and oxygen atoms in total. The van der Waals surface area contributed by atoms with Crippen LogP contribution in [0.3, 0.4) is 0 Å². The predicted octanol–water partition coefficient (Wildman–Crippen LogP) is 0.692. The summed E-state index contributed by atoms with van der Waals surface area (Å²) >= 11 is 0. The Kier molecular flexibility index (Phi) is 5.37. The summed E-state index contributed by atoms with van der Waals surface area (Å²) in [6.45, 7) is 5.64. The summed E-state index contributed by atoms with van der Waals surface area (Å²) in [7, 11) is -3.48. The van der Waals surface area contributed by atoms with Crippen molar-refractivity contribution < 1.29 is 8.42 Å². The maximum atomic E-state index is 12.3. The molecule has 1 heterocycles. The van der Waals surface area contributed by atoms with Crippen LogP contribution < -0.4 is 5.32 Å². The second-order valence-electron chi connectivity index (χ2n) is 4.27. The lowest BCUT2D eigenvalue weighted by Gasteiger charge is -2.34. The second-order valence-corrected chi connectivity index (χ2v) is 6.34. The molecule has 1 aliphatic heterocycles. The van der Waals surface area contributed by atoms with E-state index in [2.05, 4.69) is 5.32 Å². The number of sulfonamides is 1. The Labute approximate surface area is 104 Å². The van der Waals surface area contributed by atoms with Crippen LogP contribution in [-0.4, -0.2) is 43.6 Å². The maximum absolute atomic E-state index is 12.3. The number of hydrogen-bond donors (Lipinski definition) is 1. The highest BCUT2D eigenvalue weighted by Gasteiger charge is 2.35. The smallest absolute Gasteiger partial charge is 0.230 e. The van der Waals surface area contributed by atoms with Crippen LogP contribution in [0.25, 0.3) is 0 Å². The van der Waals surface area contributed by atoms with Crippen LogP contribution in [0.4, 0.5) is 0 Å². The van der Waals surface area contributed by atoms with Crippen LogP contribution in [0.5, 0.6) is 0 Å². The molecule has 1 N–H and O–H groups in total. The molecule has 17 heavy (non-hydrogen) atoms. The molecule has 1 fully saturated rings. The number of nitrogens with zero attached hydrogens (tertiary/aromatic N) is 2. The zero-order chi connectivity index (χ0) is 12.9. The summed E-state index contributed by atoms with van der Waals surface area (Å²) in [4.78, 5) is 0. The lowest BCUT2D eigenvalue weighted by atomic mass is 10.1. The molecule has 1 aliphatic rings. The molecule has 0 aromatic carbocycles. The van der Waals surface area contributed by atoms with Crippen molar-refractivity contribution >= 4 is 10.0 Å². The molecule has 0 amide bonds. The van der Waals surface area contributed by atoms with Crippen molar-refractivity contribution in [3.8, 4) is 6.07 Å². The number of hydrogen-bond acceptors (Lipinski definition) is 4. The SMILES string of the molecule is CCC(C#N)S(=O)(=O)N(CC)C1CCCNC1. The minimum Gasteiger partial charge on any atom is -0.315 e. The van der Waals surface area contributed by atoms with Gasteiger partial charge in [0.25, 0.3) is 0 Å². The molecule has 6 heteroatoms. The van der Waals surface area contributed by atoms with Crippen LogP contribution >= 0.6 is 0 Å². The monoisotopic (exact) mass is 259 g/mol. The first-order valence-corrected chi connectivity index (χ1v) is 7.69. The van der Waals surface area contributed by atoms with Gasteiger partial charge in [-0.05, 0) is 25.8 Å². The number of nitrogens with one attached hydrogen (secondary N) is 1. The lowest BCUT2D eigenvalue weighted by molar-refractivity contribution is 0.273. The van der Waals surface area contributed by atoms with E-state index in [4.69, 9.17) is 5.26 Å². The topological polar surface area (TPSA) is 73.2 Å². The summed E-state index contributed by atoms with van der Waals surface area (Å²) in [6, 6.07) is 1.90. The maximum Gasteiger partial charge on any atom is 0.230 e. The van der Waals surface area contributed by atoms with Crippen LogP contribution in [-0.2, 0) is 10.0 Å². The average Bonchev–Trinajstić information content (AvgIpc) is 2.32. The van der Waals surface area contributed by atoms with E-state index in [0.717, 1.165) is 19.4 Å². The van der Waals surface area contributed by atoms with Crippen LogP contribution in [0.1, 0.15) is 33.1 Å². The summed E-state index contributed by atoms with van der Waals surface area (Å²) in [5, 5.41) is 11.2. The Morgan fingerprint density at radius 2 is 2.24 bits per heavy atom. The van der Waals surface area contributed by atoms with Gasteiger partial charge in [0.15, 0.2) is 5.25 Å². The zero-order valence-electron chi connectivity index (χ0n) is 10.5. The van der Waals surface area contributed by atoms with Gasteiger partial charge in [0.05, 0.1) is 6.07 Å². The quantitative estimate of drug-likeness (QED) is 0.788. The highest BCUT2D eigenvalue weighted by molar-refractivity contribution is 7.90. The summed E-state index contributed by atoms with van der Waals surface area (Å²) < 4.78 is 26.1. The molecule has 0 aromatic heterocycles. The Morgan fingerprint density at radius 1 is 1.53 bits per heavy atom. The molecular formula is C11H21N3O2S. The predicted molar refractivity (Wildman–Crippen MR) is 66.9 cm³/mol. The van der Waals surface area contributed by atoms with Gasteiger partial charge in [-0.25, -0.2) is 8.42 Å². The van der Waals surface area contributed by atoms with Crippen LogP contribution in [0.2, 0.25) is 0 Å². The van der Waals surface area contributed by atoms with E-state index in [9.17, 15) is 8.42 Å². The molecule has 0 spiro atoms. The summed E-state index contributed by atoms with van der Waals surface area (Å²) in [6.07, 6.45) is 2.21. The largest absolute Gasteiger partial charge is 0.315 e. The van der Waals surface area contributed by atoms with Crippen molar-refractivity contribution in [2.75, 3.05) is 19.6 Å². The van der Waals surface area contributed by atoms with E-state index in [1.165, 1.54) is 4.31 Å².